The van der Waals surface area contributed by atoms with Crippen LogP contribution in [0.3, 0.4) is 0 Å². The quantitative estimate of drug-likeness (QED) is 0.727. The third-order valence-corrected chi connectivity index (χ3v) is 3.61. The molecule has 5 heteroatoms. The first-order valence-electron chi connectivity index (χ1n) is 6.44. The van der Waals surface area contributed by atoms with Gasteiger partial charge in [-0.2, -0.15) is 0 Å². The number of aliphatic hydroxyl groups is 1. The maximum Gasteiger partial charge on any atom is 0.178 e. The highest BCUT2D eigenvalue weighted by atomic mass is 32.1. The number of hydrogen-bond donors (Lipinski definition) is 2. The number of aromatic nitrogens is 3. The Balaban J connectivity index is 1.97. The maximum absolute atomic E-state index is 10.4. The normalized spacial score (nSPS) is 12.7. The summed E-state index contributed by atoms with van der Waals surface area (Å²) in [6.45, 7) is 2.30. The predicted octanol–water partition coefficient (Wildman–Crippen LogP) is 3.14. The van der Waals surface area contributed by atoms with Gasteiger partial charge >= 0.3 is 0 Å². The zero-order valence-electron chi connectivity index (χ0n) is 11.1. The molecule has 2 N–H and O–H groups in total. The number of nitrogens with zero attached hydrogens (tertiary/aromatic N) is 2. The van der Waals surface area contributed by atoms with Crippen molar-refractivity contribution in [1.82, 2.24) is 14.5 Å². The van der Waals surface area contributed by atoms with Gasteiger partial charge in [0.2, 0.25) is 0 Å². The van der Waals surface area contributed by atoms with Crippen LogP contribution in [0.4, 0.5) is 0 Å². The second-order valence-corrected chi connectivity index (χ2v) is 5.16. The summed E-state index contributed by atoms with van der Waals surface area (Å²) >= 11 is 5.32. The van der Waals surface area contributed by atoms with E-state index in [1.165, 1.54) is 0 Å². The smallest absolute Gasteiger partial charge is 0.178 e. The minimum absolute atomic E-state index is 0.388. The number of aliphatic hydroxyl groups excluding tert-OH is 1. The van der Waals surface area contributed by atoms with E-state index in [-0.39, 0.29) is 0 Å². The molecule has 1 aromatic carbocycles. The molecule has 102 valence electrons. The van der Waals surface area contributed by atoms with E-state index in [4.69, 9.17) is 12.2 Å². The molecule has 0 aliphatic rings. The molecule has 2 heterocycles. The lowest BCUT2D eigenvalue weighted by atomic mass is 10.2. The average molecular weight is 285 g/mol. The number of imidazole rings is 1. The van der Waals surface area contributed by atoms with Gasteiger partial charge in [0.25, 0.3) is 0 Å². The molecule has 1 unspecified atom stereocenters. The summed E-state index contributed by atoms with van der Waals surface area (Å²) in [6.07, 6.45) is -0.680. The third-order valence-electron chi connectivity index (χ3n) is 3.29. The van der Waals surface area contributed by atoms with Gasteiger partial charge in [0, 0.05) is 5.69 Å². The van der Waals surface area contributed by atoms with Crippen molar-refractivity contribution < 1.29 is 5.11 Å². The number of para-hydroxylation sites is 2. The van der Waals surface area contributed by atoms with E-state index >= 15 is 0 Å². The molecule has 0 bridgehead atoms. The molecule has 0 spiro atoms. The van der Waals surface area contributed by atoms with Crippen molar-refractivity contribution in [2.45, 2.75) is 19.6 Å². The van der Waals surface area contributed by atoms with E-state index in [0.29, 0.717) is 17.0 Å². The van der Waals surface area contributed by atoms with Gasteiger partial charge in [-0.3, -0.25) is 4.98 Å². The summed E-state index contributed by atoms with van der Waals surface area (Å²) in [5, 5.41) is 10.4. The van der Waals surface area contributed by atoms with Crippen molar-refractivity contribution in [3.05, 3.63) is 58.6 Å². The van der Waals surface area contributed by atoms with Crippen LogP contribution in [-0.2, 0) is 6.54 Å². The summed E-state index contributed by atoms with van der Waals surface area (Å²) in [5.74, 6) is 0. The van der Waals surface area contributed by atoms with Gasteiger partial charge in [-0.25, -0.2) is 0 Å². The highest BCUT2D eigenvalue weighted by Crippen LogP contribution is 2.19. The SMILES string of the molecule is Cc1cccc(C(O)Cn2c(=S)[nH]c3ccccc32)n1. The first kappa shape index (κ1) is 13.0. The molecule has 0 fully saturated rings. The van der Waals surface area contributed by atoms with Gasteiger partial charge < -0.3 is 14.7 Å². The molecule has 0 aliphatic carbocycles. The summed E-state index contributed by atoms with van der Waals surface area (Å²) < 4.78 is 2.51. The van der Waals surface area contributed by atoms with Gasteiger partial charge in [-0.05, 0) is 43.4 Å². The number of benzene rings is 1. The number of H-pyrrole nitrogens is 1. The van der Waals surface area contributed by atoms with E-state index in [1.807, 2.05) is 54.0 Å². The minimum Gasteiger partial charge on any atom is -0.385 e. The van der Waals surface area contributed by atoms with Gasteiger partial charge in [0.1, 0.15) is 6.10 Å². The fraction of sp³-hybridized carbons (Fsp3) is 0.200. The third kappa shape index (κ3) is 2.37. The van der Waals surface area contributed by atoms with Crippen LogP contribution >= 0.6 is 12.2 Å². The lowest BCUT2D eigenvalue weighted by Gasteiger charge is -2.12. The highest BCUT2D eigenvalue weighted by molar-refractivity contribution is 7.71. The standard InChI is InChI=1S/C15H15N3OS/c1-10-5-4-7-12(16-10)14(19)9-18-13-8-3-2-6-11(13)17-15(18)20/h2-8,14,19H,9H2,1H3,(H,17,20). The predicted molar refractivity (Wildman–Crippen MR) is 81.1 cm³/mol. The van der Waals surface area contributed by atoms with E-state index < -0.39 is 6.10 Å². The van der Waals surface area contributed by atoms with Crippen LogP contribution in [0.1, 0.15) is 17.5 Å². The topological polar surface area (TPSA) is 53.8 Å². The molecule has 4 nitrogen and oxygen atoms in total. The Labute approximate surface area is 121 Å². The zero-order chi connectivity index (χ0) is 14.1. The Hall–Kier alpha value is -1.98. The number of pyridine rings is 1. The van der Waals surface area contributed by atoms with Crippen molar-refractivity contribution in [2.24, 2.45) is 0 Å². The Morgan fingerprint density at radius 1 is 1.25 bits per heavy atom. The maximum atomic E-state index is 10.4. The summed E-state index contributed by atoms with van der Waals surface area (Å²) in [5.41, 5.74) is 3.52. The summed E-state index contributed by atoms with van der Waals surface area (Å²) in [7, 11) is 0. The molecule has 0 amide bonds. The Morgan fingerprint density at radius 3 is 2.85 bits per heavy atom. The Kier molecular flexibility index (Phi) is 3.38. The average Bonchev–Trinajstić information content (AvgIpc) is 2.75. The number of aryl methyl sites for hydroxylation is 1. The molecule has 1 atom stereocenters. The van der Waals surface area contributed by atoms with Crippen molar-refractivity contribution in [3.8, 4) is 0 Å². The van der Waals surface area contributed by atoms with Crippen LogP contribution < -0.4 is 0 Å². The fourth-order valence-corrected chi connectivity index (χ4v) is 2.59. The van der Waals surface area contributed by atoms with Gasteiger partial charge in [-0.1, -0.05) is 18.2 Å². The zero-order valence-corrected chi connectivity index (χ0v) is 11.9. The first-order valence-corrected chi connectivity index (χ1v) is 6.85. The minimum atomic E-state index is -0.680. The Morgan fingerprint density at radius 2 is 2.05 bits per heavy atom. The second-order valence-electron chi connectivity index (χ2n) is 4.78. The molecule has 0 radical (unpaired) electrons. The monoisotopic (exact) mass is 285 g/mol. The lowest BCUT2D eigenvalue weighted by Crippen LogP contribution is -2.10. The molecule has 0 saturated heterocycles. The van der Waals surface area contributed by atoms with Crippen LogP contribution in [-0.4, -0.2) is 19.6 Å². The molecule has 3 aromatic rings. The van der Waals surface area contributed by atoms with E-state index in [0.717, 1.165) is 16.7 Å². The van der Waals surface area contributed by atoms with Crippen molar-refractivity contribution in [2.75, 3.05) is 0 Å². The molecule has 2 aromatic heterocycles. The van der Waals surface area contributed by atoms with Crippen LogP contribution in [0, 0.1) is 11.7 Å². The summed E-state index contributed by atoms with van der Waals surface area (Å²) in [4.78, 5) is 7.50. The second kappa shape index (κ2) is 5.19. The molecule has 3 rings (SSSR count). The first-order chi connectivity index (χ1) is 9.65. The summed E-state index contributed by atoms with van der Waals surface area (Å²) in [6, 6.07) is 13.5. The fourth-order valence-electron chi connectivity index (χ4n) is 2.30. The van der Waals surface area contributed by atoms with E-state index in [9.17, 15) is 5.11 Å². The van der Waals surface area contributed by atoms with E-state index in [2.05, 4.69) is 9.97 Å². The number of nitrogens with one attached hydrogen (secondary N) is 1. The van der Waals surface area contributed by atoms with Crippen LogP contribution in [0.5, 0.6) is 0 Å². The molecule has 0 saturated carbocycles. The van der Waals surface area contributed by atoms with Gasteiger partial charge in [0.05, 0.1) is 23.3 Å². The van der Waals surface area contributed by atoms with E-state index in [1.54, 1.807) is 0 Å². The number of hydrogen-bond acceptors (Lipinski definition) is 3. The molecular weight excluding hydrogens is 270 g/mol. The van der Waals surface area contributed by atoms with Gasteiger partial charge in [-0.15, -0.1) is 0 Å². The number of rotatable bonds is 3. The van der Waals surface area contributed by atoms with Gasteiger partial charge in [0.15, 0.2) is 4.77 Å². The number of fused-ring (bicyclic) bond motifs is 1. The molecule has 0 aliphatic heterocycles. The number of aromatic amines is 1. The largest absolute Gasteiger partial charge is 0.385 e. The van der Waals surface area contributed by atoms with Crippen LogP contribution in [0.15, 0.2) is 42.5 Å². The highest BCUT2D eigenvalue weighted by Gasteiger charge is 2.13. The van der Waals surface area contributed by atoms with Crippen molar-refractivity contribution in [3.63, 3.8) is 0 Å². The molecular formula is C15H15N3OS. The Bertz CT molecular complexity index is 806. The van der Waals surface area contributed by atoms with Crippen molar-refractivity contribution >= 4 is 23.3 Å². The van der Waals surface area contributed by atoms with Crippen LogP contribution in [0.2, 0.25) is 0 Å². The lowest BCUT2D eigenvalue weighted by molar-refractivity contribution is 0.152. The molecule has 20 heavy (non-hydrogen) atoms. The van der Waals surface area contributed by atoms with Crippen molar-refractivity contribution in [1.29, 1.82) is 0 Å². The van der Waals surface area contributed by atoms with Crippen LogP contribution in [0.25, 0.3) is 11.0 Å².